The van der Waals surface area contributed by atoms with Crippen molar-refractivity contribution >= 4 is 61.4 Å². The average Bonchev–Trinajstić information content (AvgIpc) is 3.25. The van der Waals surface area contributed by atoms with Crippen LogP contribution in [0.1, 0.15) is 24.5 Å². The number of nitrogens with two attached hydrogens (primary N) is 1. The number of aromatic nitrogens is 4. The van der Waals surface area contributed by atoms with E-state index in [4.69, 9.17) is 5.73 Å². The number of nitrogen functional groups attached to an aromatic ring is 1. The molecule has 11 heteroatoms. The van der Waals surface area contributed by atoms with Crippen molar-refractivity contribution in [1.29, 1.82) is 0 Å². The van der Waals surface area contributed by atoms with E-state index in [0.29, 0.717) is 22.9 Å². The smallest absolute Gasteiger partial charge is 0.213 e. The van der Waals surface area contributed by atoms with Crippen LogP contribution < -0.4 is 10.5 Å². The topological polar surface area (TPSA) is 116 Å². The molecule has 0 atom stereocenters. The summed E-state index contributed by atoms with van der Waals surface area (Å²) in [7, 11) is -3.38. The second kappa shape index (κ2) is 8.36. The van der Waals surface area contributed by atoms with Crippen molar-refractivity contribution in [2.45, 2.75) is 42.8 Å². The number of halogens is 1. The number of nitrogens with zero attached hydrogens (tertiary/aromatic N) is 4. The zero-order valence-corrected chi connectivity index (χ0v) is 19.6. The minimum atomic E-state index is -3.38. The van der Waals surface area contributed by atoms with Crippen LogP contribution >= 0.6 is 34.4 Å². The van der Waals surface area contributed by atoms with Crippen LogP contribution in [0.2, 0.25) is 0 Å². The molecule has 29 heavy (non-hydrogen) atoms. The first-order valence-corrected chi connectivity index (χ1v) is 12.9. The number of hydrogen-bond donors (Lipinski definition) is 2. The van der Waals surface area contributed by atoms with Crippen LogP contribution in [0.4, 0.5) is 5.82 Å². The van der Waals surface area contributed by atoms with Crippen molar-refractivity contribution in [1.82, 2.24) is 24.2 Å². The second-order valence-electron chi connectivity index (χ2n) is 6.80. The molecular weight excluding hydrogens is 523 g/mol. The molecule has 2 heterocycles. The highest BCUT2D eigenvalue weighted by molar-refractivity contribution is 14.1. The first-order chi connectivity index (χ1) is 13.9. The molecule has 1 aromatic carbocycles. The molecule has 8 nitrogen and oxygen atoms in total. The summed E-state index contributed by atoms with van der Waals surface area (Å²) in [6, 6.07) is 4.46. The Hall–Kier alpha value is -1.44. The number of nitrogens with one attached hydrogen (secondary N) is 1. The molecule has 0 spiro atoms. The van der Waals surface area contributed by atoms with Crippen molar-refractivity contribution in [2.24, 2.45) is 0 Å². The van der Waals surface area contributed by atoms with Crippen molar-refractivity contribution in [3.63, 3.8) is 0 Å². The zero-order chi connectivity index (χ0) is 20.6. The van der Waals surface area contributed by atoms with Crippen LogP contribution in [0.5, 0.6) is 0 Å². The lowest BCUT2D eigenvalue weighted by molar-refractivity contribution is 0.574. The summed E-state index contributed by atoms with van der Waals surface area (Å²) < 4.78 is 29.8. The third kappa shape index (κ3) is 4.37. The Balaban J connectivity index is 1.73. The molecule has 154 valence electrons. The van der Waals surface area contributed by atoms with E-state index >= 15 is 0 Å². The third-order valence-electron chi connectivity index (χ3n) is 4.82. The van der Waals surface area contributed by atoms with E-state index in [2.05, 4.69) is 54.4 Å². The monoisotopic (exact) mass is 544 g/mol. The molecule has 0 unspecified atom stereocenters. The molecule has 4 rings (SSSR count). The average molecular weight is 544 g/mol. The lowest BCUT2D eigenvalue weighted by Gasteiger charge is -2.11. The molecule has 3 aromatic rings. The highest BCUT2D eigenvalue weighted by Gasteiger charge is 2.20. The number of fused-ring (bicyclic) bond motifs is 2. The molecule has 0 amide bonds. The van der Waals surface area contributed by atoms with Crippen LogP contribution in [-0.4, -0.2) is 40.2 Å². The maximum absolute atomic E-state index is 12.2. The molecule has 3 N–H and O–H groups in total. The fourth-order valence-electron chi connectivity index (χ4n) is 3.46. The summed E-state index contributed by atoms with van der Waals surface area (Å²) in [5.41, 5.74) is 9.83. The van der Waals surface area contributed by atoms with Crippen molar-refractivity contribution in [2.75, 3.05) is 18.0 Å². The Morgan fingerprint density at radius 3 is 2.79 bits per heavy atom. The first kappa shape index (κ1) is 20.8. The minimum Gasteiger partial charge on any atom is -0.382 e. The lowest BCUT2D eigenvalue weighted by atomic mass is 10.1. The van der Waals surface area contributed by atoms with Gasteiger partial charge < -0.3 is 10.3 Å². The summed E-state index contributed by atoms with van der Waals surface area (Å²) in [4.78, 5) is 14.1. The standard InChI is InChI=1S/C18H21IN6O2S2/c1-2-23-29(26,27)7-6-25-17-15(16(20)21-10-22-17)24-18(25)28-14-9-12-5-3-4-11(12)8-13(14)19/h8-10,23H,2-7H2,1H3,(H2,20,21,22). The van der Waals surface area contributed by atoms with E-state index < -0.39 is 10.0 Å². The highest BCUT2D eigenvalue weighted by atomic mass is 127. The normalized spacial score (nSPS) is 13.9. The van der Waals surface area contributed by atoms with E-state index in [1.165, 1.54) is 35.6 Å². The fourth-order valence-corrected chi connectivity index (χ4v) is 6.31. The van der Waals surface area contributed by atoms with Crippen molar-refractivity contribution < 1.29 is 8.42 Å². The van der Waals surface area contributed by atoms with Gasteiger partial charge in [-0.15, -0.1) is 0 Å². The maximum Gasteiger partial charge on any atom is 0.213 e. The third-order valence-corrected chi connectivity index (χ3v) is 8.58. The van der Waals surface area contributed by atoms with Crippen LogP contribution in [0.3, 0.4) is 0 Å². The van der Waals surface area contributed by atoms with Crippen molar-refractivity contribution in [3.05, 3.63) is 33.2 Å². The summed E-state index contributed by atoms with van der Waals surface area (Å²) in [6.45, 7) is 2.35. The van der Waals surface area contributed by atoms with Crippen LogP contribution in [0, 0.1) is 3.57 Å². The van der Waals surface area contributed by atoms with Crippen LogP contribution in [0.15, 0.2) is 28.5 Å². The van der Waals surface area contributed by atoms with E-state index in [1.807, 2.05) is 4.57 Å². The summed E-state index contributed by atoms with van der Waals surface area (Å²) in [6.07, 6.45) is 4.79. The SMILES string of the molecule is CCNS(=O)(=O)CCn1c(Sc2cc3c(cc2I)CCC3)nc2c(N)ncnc21. The number of hydrogen-bond acceptors (Lipinski definition) is 7. The van der Waals surface area contributed by atoms with Gasteiger partial charge in [-0.05, 0) is 65.1 Å². The predicted octanol–water partition coefficient (Wildman–Crippen LogP) is 2.59. The van der Waals surface area contributed by atoms with Gasteiger partial charge in [0.15, 0.2) is 22.1 Å². The molecule has 0 radical (unpaired) electrons. The molecule has 1 aliphatic carbocycles. The molecular formula is C18H21IN6O2S2. The summed E-state index contributed by atoms with van der Waals surface area (Å²) in [5, 5.41) is 0.662. The molecule has 0 aliphatic heterocycles. The molecule has 0 saturated heterocycles. The van der Waals surface area contributed by atoms with E-state index in [0.717, 1.165) is 21.3 Å². The van der Waals surface area contributed by atoms with Gasteiger partial charge in [0.05, 0.1) is 5.75 Å². The molecule has 0 bridgehead atoms. The zero-order valence-electron chi connectivity index (χ0n) is 15.9. The van der Waals surface area contributed by atoms with Crippen molar-refractivity contribution in [3.8, 4) is 0 Å². The van der Waals surface area contributed by atoms with E-state index in [1.54, 1.807) is 6.92 Å². The Labute approximate surface area is 187 Å². The van der Waals surface area contributed by atoms with Gasteiger partial charge >= 0.3 is 0 Å². The van der Waals surface area contributed by atoms with Crippen LogP contribution in [0.25, 0.3) is 11.2 Å². The number of rotatable bonds is 7. The van der Waals surface area contributed by atoms with Gasteiger partial charge in [0.2, 0.25) is 10.0 Å². The van der Waals surface area contributed by atoms with Gasteiger partial charge in [-0.2, -0.15) is 0 Å². The van der Waals surface area contributed by atoms with Gasteiger partial charge in [0.25, 0.3) is 0 Å². The minimum absolute atomic E-state index is 0.0644. The Morgan fingerprint density at radius 2 is 2.03 bits per heavy atom. The molecule has 0 fully saturated rings. The lowest BCUT2D eigenvalue weighted by Crippen LogP contribution is -2.28. The first-order valence-electron chi connectivity index (χ1n) is 9.31. The summed E-state index contributed by atoms with van der Waals surface area (Å²) >= 11 is 3.86. The summed E-state index contributed by atoms with van der Waals surface area (Å²) in [5.74, 6) is 0.221. The van der Waals surface area contributed by atoms with E-state index in [-0.39, 0.29) is 18.1 Å². The largest absolute Gasteiger partial charge is 0.382 e. The number of anilines is 1. The molecule has 2 aromatic heterocycles. The fraction of sp³-hybridized carbons (Fsp3) is 0.389. The van der Waals surface area contributed by atoms with Crippen LogP contribution in [-0.2, 0) is 29.4 Å². The number of imidazole rings is 1. The quantitative estimate of drug-likeness (QED) is 0.440. The molecule has 1 aliphatic rings. The maximum atomic E-state index is 12.2. The highest BCUT2D eigenvalue weighted by Crippen LogP contribution is 2.37. The van der Waals surface area contributed by atoms with Gasteiger partial charge in [0, 0.05) is 21.6 Å². The number of sulfonamides is 1. The predicted molar refractivity (Wildman–Crippen MR) is 123 cm³/mol. The van der Waals surface area contributed by atoms with Gasteiger partial charge in [-0.3, -0.25) is 0 Å². The van der Waals surface area contributed by atoms with Gasteiger partial charge in [-0.1, -0.05) is 18.7 Å². The van der Waals surface area contributed by atoms with Gasteiger partial charge in [-0.25, -0.2) is 28.1 Å². The Bertz CT molecular complexity index is 1180. The number of aryl methyl sites for hydroxylation is 3. The van der Waals surface area contributed by atoms with Gasteiger partial charge in [0.1, 0.15) is 6.33 Å². The Morgan fingerprint density at radius 1 is 1.28 bits per heavy atom. The molecule has 0 saturated carbocycles. The number of benzene rings is 1. The Kier molecular flexibility index (Phi) is 6.00. The second-order valence-corrected chi connectivity index (χ2v) is 10.9. The van der Waals surface area contributed by atoms with E-state index in [9.17, 15) is 8.42 Å².